The van der Waals surface area contributed by atoms with Gasteiger partial charge in [0.05, 0.1) is 23.5 Å². The maximum Gasteiger partial charge on any atom is 0.148 e. The Hall–Kier alpha value is -1.62. The molecule has 0 atom stereocenters. The van der Waals surface area contributed by atoms with E-state index < -0.39 is 5.82 Å². The molecule has 94 valence electrons. The molecule has 0 bridgehead atoms. The fourth-order valence-corrected chi connectivity index (χ4v) is 1.80. The number of benzene rings is 1. The molecule has 0 radical (unpaired) electrons. The highest BCUT2D eigenvalue weighted by atomic mass is 79.9. The Bertz CT molecular complexity index is 575. The first-order valence-electron chi connectivity index (χ1n) is 5.23. The number of pyridine rings is 1. The van der Waals surface area contributed by atoms with Gasteiger partial charge in [-0.2, -0.15) is 0 Å². The van der Waals surface area contributed by atoms with E-state index in [1.165, 1.54) is 12.3 Å². The van der Waals surface area contributed by atoms with E-state index in [2.05, 4.69) is 20.9 Å². The molecule has 18 heavy (non-hydrogen) atoms. The van der Waals surface area contributed by atoms with Crippen LogP contribution in [0.3, 0.4) is 0 Å². The number of aryl methyl sites for hydroxylation is 1. The van der Waals surface area contributed by atoms with Crippen LogP contribution in [0.25, 0.3) is 0 Å². The van der Waals surface area contributed by atoms with Crippen LogP contribution in [0.1, 0.15) is 5.69 Å². The van der Waals surface area contributed by atoms with Crippen LogP contribution in [-0.4, -0.2) is 12.1 Å². The Morgan fingerprint density at radius 3 is 2.61 bits per heavy atom. The minimum absolute atomic E-state index is 0.344. The molecule has 0 spiro atoms. The lowest BCUT2D eigenvalue weighted by molar-refractivity contribution is 0.412. The van der Waals surface area contributed by atoms with Gasteiger partial charge < -0.3 is 9.47 Å². The summed E-state index contributed by atoms with van der Waals surface area (Å²) < 4.78 is 24.7. The SMILES string of the molecule is COc1ccc(Oc2cnc(C)c(F)c2)c(Br)c1. The number of hydrogen-bond acceptors (Lipinski definition) is 3. The van der Waals surface area contributed by atoms with Gasteiger partial charge >= 0.3 is 0 Å². The molecule has 0 N–H and O–H groups in total. The van der Waals surface area contributed by atoms with E-state index in [-0.39, 0.29) is 0 Å². The molecule has 5 heteroatoms. The van der Waals surface area contributed by atoms with Gasteiger partial charge in [0.15, 0.2) is 0 Å². The molecule has 0 unspecified atom stereocenters. The minimum Gasteiger partial charge on any atom is -0.497 e. The zero-order chi connectivity index (χ0) is 13.1. The van der Waals surface area contributed by atoms with Crippen molar-refractivity contribution in [3.63, 3.8) is 0 Å². The predicted molar refractivity (Wildman–Crippen MR) is 69.7 cm³/mol. The average Bonchev–Trinajstić information content (AvgIpc) is 2.36. The van der Waals surface area contributed by atoms with E-state index >= 15 is 0 Å². The minimum atomic E-state index is -0.392. The third-order valence-electron chi connectivity index (χ3n) is 2.37. The van der Waals surface area contributed by atoms with Crippen LogP contribution in [0.5, 0.6) is 17.2 Å². The van der Waals surface area contributed by atoms with Crippen molar-refractivity contribution in [1.82, 2.24) is 4.98 Å². The smallest absolute Gasteiger partial charge is 0.148 e. The second-order valence-corrected chi connectivity index (χ2v) is 4.49. The van der Waals surface area contributed by atoms with Crippen LogP contribution in [-0.2, 0) is 0 Å². The molecule has 2 aromatic rings. The third-order valence-corrected chi connectivity index (χ3v) is 2.99. The summed E-state index contributed by atoms with van der Waals surface area (Å²) in [5, 5.41) is 0. The first-order valence-corrected chi connectivity index (χ1v) is 6.03. The van der Waals surface area contributed by atoms with Crippen LogP contribution in [0, 0.1) is 12.7 Å². The lowest BCUT2D eigenvalue weighted by Crippen LogP contribution is -1.92. The van der Waals surface area contributed by atoms with Crippen molar-refractivity contribution in [1.29, 1.82) is 0 Å². The number of methoxy groups -OCH3 is 1. The Balaban J connectivity index is 2.25. The van der Waals surface area contributed by atoms with E-state index in [9.17, 15) is 4.39 Å². The molecule has 0 fully saturated rings. The molecular formula is C13H11BrFNO2. The normalized spacial score (nSPS) is 10.2. The maximum atomic E-state index is 13.3. The summed E-state index contributed by atoms with van der Waals surface area (Å²) >= 11 is 3.36. The maximum absolute atomic E-state index is 13.3. The van der Waals surface area contributed by atoms with Crippen LogP contribution >= 0.6 is 15.9 Å². The lowest BCUT2D eigenvalue weighted by Gasteiger charge is -2.09. The van der Waals surface area contributed by atoms with Gasteiger partial charge in [-0.15, -0.1) is 0 Å². The highest BCUT2D eigenvalue weighted by Gasteiger charge is 2.07. The van der Waals surface area contributed by atoms with Gasteiger partial charge in [0.25, 0.3) is 0 Å². The van der Waals surface area contributed by atoms with Crippen LogP contribution in [0.2, 0.25) is 0 Å². The quantitative estimate of drug-likeness (QED) is 0.855. The monoisotopic (exact) mass is 311 g/mol. The number of ether oxygens (including phenoxy) is 2. The highest BCUT2D eigenvalue weighted by molar-refractivity contribution is 9.10. The standard InChI is InChI=1S/C13H11BrFNO2/c1-8-12(15)6-10(7-16-8)18-13-4-3-9(17-2)5-11(13)14/h3-7H,1-2H3. The van der Waals surface area contributed by atoms with Gasteiger partial charge in [-0.05, 0) is 41.1 Å². The van der Waals surface area contributed by atoms with Crippen LogP contribution in [0.15, 0.2) is 34.9 Å². The van der Waals surface area contributed by atoms with Crippen molar-refractivity contribution < 1.29 is 13.9 Å². The van der Waals surface area contributed by atoms with Gasteiger partial charge in [-0.3, -0.25) is 4.98 Å². The topological polar surface area (TPSA) is 31.4 Å². The molecule has 0 aliphatic carbocycles. The molecule has 1 aromatic carbocycles. The molecule has 0 saturated heterocycles. The molecule has 0 aliphatic heterocycles. The third kappa shape index (κ3) is 2.79. The van der Waals surface area contributed by atoms with E-state index in [0.717, 1.165) is 4.47 Å². The molecule has 0 amide bonds. The van der Waals surface area contributed by atoms with Crippen molar-refractivity contribution in [3.05, 3.63) is 46.4 Å². The highest BCUT2D eigenvalue weighted by Crippen LogP contribution is 2.32. The van der Waals surface area contributed by atoms with Crippen molar-refractivity contribution >= 4 is 15.9 Å². The van der Waals surface area contributed by atoms with Crippen LogP contribution < -0.4 is 9.47 Å². The largest absolute Gasteiger partial charge is 0.497 e. The summed E-state index contributed by atoms with van der Waals surface area (Å²) in [5.41, 5.74) is 0.344. The fourth-order valence-electron chi connectivity index (χ4n) is 1.36. The van der Waals surface area contributed by atoms with Crippen molar-refractivity contribution in [3.8, 4) is 17.2 Å². The second-order valence-electron chi connectivity index (χ2n) is 3.64. The lowest BCUT2D eigenvalue weighted by atomic mass is 10.3. The summed E-state index contributed by atoms with van der Waals surface area (Å²) in [6, 6.07) is 6.57. The fraction of sp³-hybridized carbons (Fsp3) is 0.154. The summed E-state index contributed by atoms with van der Waals surface area (Å²) in [7, 11) is 1.58. The van der Waals surface area contributed by atoms with Gasteiger partial charge in [0.1, 0.15) is 23.1 Å². The van der Waals surface area contributed by atoms with E-state index in [0.29, 0.717) is 22.9 Å². The van der Waals surface area contributed by atoms with Crippen molar-refractivity contribution in [2.45, 2.75) is 6.92 Å². The Kier molecular flexibility index (Phi) is 3.81. The summed E-state index contributed by atoms with van der Waals surface area (Å²) in [4.78, 5) is 3.90. The van der Waals surface area contributed by atoms with E-state index in [1.54, 1.807) is 32.2 Å². The Morgan fingerprint density at radius 2 is 2.00 bits per heavy atom. The average molecular weight is 312 g/mol. The summed E-state index contributed by atoms with van der Waals surface area (Å²) in [6.45, 7) is 1.60. The van der Waals surface area contributed by atoms with Crippen molar-refractivity contribution in [2.75, 3.05) is 7.11 Å². The first kappa shape index (κ1) is 12.8. The molecular weight excluding hydrogens is 301 g/mol. The van der Waals surface area contributed by atoms with Gasteiger partial charge in [-0.1, -0.05) is 0 Å². The molecule has 1 heterocycles. The second kappa shape index (κ2) is 5.35. The molecule has 1 aromatic heterocycles. The zero-order valence-electron chi connectivity index (χ0n) is 9.91. The molecule has 2 rings (SSSR count). The number of rotatable bonds is 3. The van der Waals surface area contributed by atoms with Gasteiger partial charge in [-0.25, -0.2) is 4.39 Å². The molecule has 3 nitrogen and oxygen atoms in total. The number of hydrogen-bond donors (Lipinski definition) is 0. The summed E-state index contributed by atoms with van der Waals surface area (Å²) in [6.07, 6.45) is 1.48. The summed E-state index contributed by atoms with van der Waals surface area (Å²) in [5.74, 6) is 1.24. The predicted octanol–water partition coefficient (Wildman–Crippen LogP) is 4.09. The Labute approximate surface area is 113 Å². The molecule has 0 aliphatic rings. The van der Waals surface area contributed by atoms with E-state index in [4.69, 9.17) is 9.47 Å². The van der Waals surface area contributed by atoms with Gasteiger partial charge in [0, 0.05) is 6.07 Å². The number of aromatic nitrogens is 1. The van der Waals surface area contributed by atoms with Gasteiger partial charge in [0.2, 0.25) is 0 Å². The van der Waals surface area contributed by atoms with Crippen LogP contribution in [0.4, 0.5) is 4.39 Å². The first-order chi connectivity index (χ1) is 8.60. The van der Waals surface area contributed by atoms with Crippen molar-refractivity contribution in [2.24, 2.45) is 0 Å². The van der Waals surface area contributed by atoms with E-state index in [1.807, 2.05) is 0 Å². The zero-order valence-corrected chi connectivity index (χ0v) is 11.5. The number of halogens is 2. The Morgan fingerprint density at radius 1 is 1.22 bits per heavy atom. The molecule has 0 saturated carbocycles. The number of nitrogens with zero attached hydrogens (tertiary/aromatic N) is 1.